The Hall–Kier alpha value is -3.35. The summed E-state index contributed by atoms with van der Waals surface area (Å²) in [5.74, 6) is -0.390. The molecule has 34 heavy (non-hydrogen) atoms. The molecule has 7 heteroatoms. The van der Waals surface area contributed by atoms with E-state index in [1.807, 2.05) is 24.3 Å². The zero-order chi connectivity index (χ0) is 23.7. The molecule has 7 nitrogen and oxygen atoms in total. The Labute approximate surface area is 199 Å². The smallest absolute Gasteiger partial charge is 0.407 e. The van der Waals surface area contributed by atoms with E-state index in [4.69, 9.17) is 9.84 Å². The van der Waals surface area contributed by atoms with Crippen LogP contribution in [0.2, 0.25) is 0 Å². The summed E-state index contributed by atoms with van der Waals surface area (Å²) in [6.45, 7) is 0.619. The molecule has 0 aliphatic heterocycles. The Balaban J connectivity index is 1.05. The van der Waals surface area contributed by atoms with E-state index < -0.39 is 12.1 Å². The van der Waals surface area contributed by atoms with E-state index in [1.54, 1.807) is 0 Å². The zero-order valence-corrected chi connectivity index (χ0v) is 19.1. The summed E-state index contributed by atoms with van der Waals surface area (Å²) in [4.78, 5) is 37.4. The van der Waals surface area contributed by atoms with E-state index in [9.17, 15) is 14.4 Å². The van der Waals surface area contributed by atoms with E-state index in [1.165, 1.54) is 27.2 Å². The minimum absolute atomic E-state index is 0.0393. The lowest BCUT2D eigenvalue weighted by molar-refractivity contribution is -0.145. The van der Waals surface area contributed by atoms with Crippen LogP contribution in [0.25, 0.3) is 11.1 Å². The second kappa shape index (κ2) is 9.49. The average Bonchev–Trinajstić information content (AvgIpc) is 3.60. The molecule has 3 aliphatic rings. The molecule has 178 valence electrons. The van der Waals surface area contributed by atoms with Gasteiger partial charge < -0.3 is 20.1 Å². The summed E-state index contributed by atoms with van der Waals surface area (Å²) in [5, 5.41) is 11.9. The Morgan fingerprint density at radius 2 is 1.56 bits per heavy atom. The number of nitrogens with zero attached hydrogens (tertiary/aromatic N) is 1. The summed E-state index contributed by atoms with van der Waals surface area (Å²) in [7, 11) is 0. The first-order chi connectivity index (χ1) is 16.5. The molecule has 0 unspecified atom stereocenters. The van der Waals surface area contributed by atoms with E-state index >= 15 is 0 Å². The van der Waals surface area contributed by atoms with E-state index in [2.05, 4.69) is 29.6 Å². The third-order valence-electron chi connectivity index (χ3n) is 7.29. The van der Waals surface area contributed by atoms with E-state index in [-0.39, 0.29) is 30.3 Å². The average molecular weight is 463 g/mol. The number of benzene rings is 2. The maximum atomic E-state index is 12.5. The van der Waals surface area contributed by atoms with Crippen molar-refractivity contribution in [2.75, 3.05) is 19.7 Å². The largest absolute Gasteiger partial charge is 0.480 e. The number of aliphatic carboxylic acids is 1. The van der Waals surface area contributed by atoms with Gasteiger partial charge in [0.05, 0.1) is 0 Å². The maximum Gasteiger partial charge on any atom is 0.407 e. The normalized spacial score (nSPS) is 20.6. The molecule has 0 radical (unpaired) electrons. The van der Waals surface area contributed by atoms with Gasteiger partial charge in [0.25, 0.3) is 0 Å². The molecule has 0 heterocycles. The lowest BCUT2D eigenvalue weighted by atomic mass is 9.73. The third-order valence-corrected chi connectivity index (χ3v) is 7.29. The molecule has 2 amide bonds. The molecule has 0 aromatic heterocycles. The van der Waals surface area contributed by atoms with Crippen molar-refractivity contribution >= 4 is 18.0 Å². The second-order valence-electron chi connectivity index (χ2n) is 9.76. The molecule has 0 spiro atoms. The number of carbonyl (C=O) groups excluding carboxylic acids is 2. The van der Waals surface area contributed by atoms with E-state index in [0.29, 0.717) is 25.5 Å². The maximum absolute atomic E-state index is 12.5. The summed E-state index contributed by atoms with van der Waals surface area (Å²) < 4.78 is 5.59. The predicted octanol–water partition coefficient (Wildman–Crippen LogP) is 4.02. The topological polar surface area (TPSA) is 95.9 Å². The summed E-state index contributed by atoms with van der Waals surface area (Å²) in [5.41, 5.74) is 4.77. The van der Waals surface area contributed by atoms with Crippen LogP contribution in [0.3, 0.4) is 0 Å². The van der Waals surface area contributed by atoms with Gasteiger partial charge in [0.1, 0.15) is 13.2 Å². The number of nitrogens with one attached hydrogen (secondary N) is 1. The monoisotopic (exact) mass is 462 g/mol. The molecule has 2 N–H and O–H groups in total. The number of carbonyl (C=O) groups is 3. The number of hydrogen-bond acceptors (Lipinski definition) is 4. The van der Waals surface area contributed by atoms with Crippen molar-refractivity contribution in [2.24, 2.45) is 11.8 Å². The van der Waals surface area contributed by atoms with Crippen LogP contribution in [-0.4, -0.2) is 53.7 Å². The summed E-state index contributed by atoms with van der Waals surface area (Å²) >= 11 is 0. The molecule has 2 saturated carbocycles. The van der Waals surface area contributed by atoms with Crippen molar-refractivity contribution in [3.63, 3.8) is 0 Å². The molecular weight excluding hydrogens is 432 g/mol. The molecule has 2 aromatic carbocycles. The van der Waals surface area contributed by atoms with Crippen LogP contribution < -0.4 is 5.32 Å². The number of amides is 2. The number of carboxylic acids is 1. The highest BCUT2D eigenvalue weighted by molar-refractivity contribution is 5.82. The van der Waals surface area contributed by atoms with Crippen molar-refractivity contribution in [1.82, 2.24) is 10.2 Å². The number of carboxylic acid groups (broad SMARTS) is 1. The molecule has 0 bridgehead atoms. The van der Waals surface area contributed by atoms with Gasteiger partial charge in [-0.05, 0) is 59.8 Å². The number of hydrogen-bond donors (Lipinski definition) is 2. The Kier molecular flexibility index (Phi) is 6.26. The van der Waals surface area contributed by atoms with Gasteiger partial charge in [0.15, 0.2) is 0 Å². The lowest BCUT2D eigenvalue weighted by Gasteiger charge is -2.36. The van der Waals surface area contributed by atoms with Gasteiger partial charge in [-0.3, -0.25) is 9.59 Å². The predicted molar refractivity (Wildman–Crippen MR) is 126 cm³/mol. The second-order valence-corrected chi connectivity index (χ2v) is 9.76. The summed E-state index contributed by atoms with van der Waals surface area (Å²) in [6, 6.07) is 16.6. The number of fused-ring (bicyclic) bond motifs is 3. The molecule has 5 rings (SSSR count). The Morgan fingerprint density at radius 1 is 0.941 bits per heavy atom. The van der Waals surface area contributed by atoms with Gasteiger partial charge in [-0.2, -0.15) is 0 Å². The van der Waals surface area contributed by atoms with Crippen molar-refractivity contribution in [2.45, 2.75) is 44.1 Å². The zero-order valence-electron chi connectivity index (χ0n) is 19.1. The van der Waals surface area contributed by atoms with Crippen molar-refractivity contribution in [3.05, 3.63) is 59.7 Å². The van der Waals surface area contributed by atoms with Gasteiger partial charge in [-0.15, -0.1) is 0 Å². The quantitative estimate of drug-likeness (QED) is 0.587. The fourth-order valence-corrected chi connectivity index (χ4v) is 5.40. The van der Waals surface area contributed by atoms with Crippen molar-refractivity contribution in [3.8, 4) is 11.1 Å². The first-order valence-electron chi connectivity index (χ1n) is 12.1. The van der Waals surface area contributed by atoms with Crippen molar-refractivity contribution < 1.29 is 24.2 Å². The Bertz CT molecular complexity index is 1040. The van der Waals surface area contributed by atoms with Gasteiger partial charge in [-0.1, -0.05) is 48.5 Å². The van der Waals surface area contributed by atoms with Gasteiger partial charge in [-0.25, -0.2) is 4.79 Å². The molecule has 3 aliphatic carbocycles. The minimum atomic E-state index is -0.959. The fourth-order valence-electron chi connectivity index (χ4n) is 5.40. The fraction of sp³-hybridized carbons (Fsp3) is 0.444. The van der Waals surface area contributed by atoms with Crippen LogP contribution >= 0.6 is 0 Å². The first-order valence-corrected chi connectivity index (χ1v) is 12.1. The van der Waals surface area contributed by atoms with Crippen LogP contribution in [0.4, 0.5) is 4.79 Å². The molecule has 2 fully saturated rings. The van der Waals surface area contributed by atoms with Gasteiger partial charge in [0.2, 0.25) is 5.91 Å². The SMILES string of the molecule is O=C(O)CN(C(=O)CC1CC(CNC(=O)OCC2c3ccccc3-c3ccccc32)C1)C1CC1. The Morgan fingerprint density at radius 3 is 2.15 bits per heavy atom. The van der Waals surface area contributed by atoms with E-state index in [0.717, 1.165) is 25.7 Å². The van der Waals surface area contributed by atoms with Crippen LogP contribution in [0.1, 0.15) is 49.1 Å². The first kappa shape index (κ1) is 22.4. The molecule has 2 aromatic rings. The number of ether oxygens (including phenoxy) is 1. The highest BCUT2D eigenvalue weighted by Crippen LogP contribution is 2.44. The standard InChI is InChI=1S/C27H30N2O5/c30-25(29(15-26(31)32)19-9-10-19)13-17-11-18(12-17)14-28-27(33)34-16-24-22-7-3-1-5-20(22)21-6-2-4-8-23(21)24/h1-8,17-19,24H,9-16H2,(H,28,33)(H,31,32). The lowest BCUT2D eigenvalue weighted by Crippen LogP contribution is -2.41. The van der Waals surface area contributed by atoms with Crippen LogP contribution in [0.15, 0.2) is 48.5 Å². The van der Waals surface area contributed by atoms with Crippen LogP contribution in [0.5, 0.6) is 0 Å². The van der Waals surface area contributed by atoms with Crippen molar-refractivity contribution in [1.29, 1.82) is 0 Å². The third kappa shape index (κ3) is 4.79. The molecule has 0 atom stereocenters. The highest BCUT2D eigenvalue weighted by Gasteiger charge is 2.37. The highest BCUT2D eigenvalue weighted by atomic mass is 16.5. The number of rotatable bonds is 9. The molecule has 0 saturated heterocycles. The van der Waals surface area contributed by atoms with Crippen LogP contribution in [0, 0.1) is 11.8 Å². The summed E-state index contributed by atoms with van der Waals surface area (Å²) in [6.07, 6.45) is 3.50. The van der Waals surface area contributed by atoms with Gasteiger partial charge >= 0.3 is 12.1 Å². The van der Waals surface area contributed by atoms with Crippen LogP contribution in [-0.2, 0) is 14.3 Å². The van der Waals surface area contributed by atoms with Gasteiger partial charge in [0, 0.05) is 24.9 Å². The number of alkyl carbamates (subject to hydrolysis) is 1. The molecular formula is C27H30N2O5. The minimum Gasteiger partial charge on any atom is -0.480 e.